The average Bonchev–Trinajstić information content (AvgIpc) is 2.41. The number of likely N-dealkylation sites (tertiary alicyclic amines) is 1. The number of piperidine rings is 1. The summed E-state index contributed by atoms with van der Waals surface area (Å²) in [6, 6.07) is 3.21. The number of hydrogen-bond donors (Lipinski definition) is 1. The van der Waals surface area contributed by atoms with Gasteiger partial charge < -0.3 is 4.90 Å². The third kappa shape index (κ3) is 4.78. The Morgan fingerprint density at radius 3 is 2.63 bits per heavy atom. The van der Waals surface area contributed by atoms with Gasteiger partial charge in [-0.2, -0.15) is 5.26 Å². The van der Waals surface area contributed by atoms with Crippen LogP contribution in [-0.4, -0.2) is 36.1 Å². The minimum Gasteiger partial charge on any atom is -0.300 e. The molecule has 0 spiro atoms. The number of hydrogen-bond acceptors (Lipinski definition) is 3. The normalized spacial score (nSPS) is 27.7. The Morgan fingerprint density at radius 1 is 1.32 bits per heavy atom. The molecule has 3 unspecified atom stereocenters. The summed E-state index contributed by atoms with van der Waals surface area (Å²) in [5.74, 6) is 0.830. The van der Waals surface area contributed by atoms with E-state index in [4.69, 9.17) is 0 Å². The van der Waals surface area contributed by atoms with E-state index in [0.29, 0.717) is 6.04 Å². The van der Waals surface area contributed by atoms with E-state index < -0.39 is 0 Å². The van der Waals surface area contributed by atoms with Crippen molar-refractivity contribution in [3.8, 4) is 6.07 Å². The van der Waals surface area contributed by atoms with Crippen LogP contribution >= 0.6 is 0 Å². The van der Waals surface area contributed by atoms with E-state index in [2.05, 4.69) is 44.0 Å². The zero-order valence-corrected chi connectivity index (χ0v) is 13.2. The van der Waals surface area contributed by atoms with Crippen molar-refractivity contribution < 1.29 is 0 Å². The van der Waals surface area contributed by atoms with Crippen molar-refractivity contribution in [1.82, 2.24) is 10.2 Å². The molecule has 3 nitrogen and oxygen atoms in total. The van der Waals surface area contributed by atoms with Crippen molar-refractivity contribution in [2.45, 2.75) is 71.4 Å². The highest BCUT2D eigenvalue weighted by Crippen LogP contribution is 2.23. The van der Waals surface area contributed by atoms with Crippen LogP contribution in [0.5, 0.6) is 0 Å². The fourth-order valence-electron chi connectivity index (χ4n) is 3.18. The van der Waals surface area contributed by atoms with Crippen molar-refractivity contribution in [2.24, 2.45) is 5.92 Å². The smallest absolute Gasteiger partial charge is 0.106 e. The molecule has 0 aromatic rings. The lowest BCUT2D eigenvalue weighted by molar-refractivity contribution is 0.120. The van der Waals surface area contributed by atoms with Crippen molar-refractivity contribution in [3.05, 3.63) is 0 Å². The molecule has 0 aliphatic carbocycles. The first kappa shape index (κ1) is 16.5. The molecule has 1 saturated heterocycles. The lowest BCUT2D eigenvalue weighted by Crippen LogP contribution is -2.45. The summed E-state index contributed by atoms with van der Waals surface area (Å²) in [5.41, 5.74) is -0.306. The van der Waals surface area contributed by atoms with E-state index in [0.717, 1.165) is 38.3 Å². The molecule has 1 aliphatic heterocycles. The molecule has 0 saturated carbocycles. The van der Waals surface area contributed by atoms with Gasteiger partial charge in [0.25, 0.3) is 0 Å². The fourth-order valence-corrected chi connectivity index (χ4v) is 3.18. The summed E-state index contributed by atoms with van der Waals surface area (Å²) >= 11 is 0. The first-order valence-corrected chi connectivity index (χ1v) is 7.97. The monoisotopic (exact) mass is 265 g/mol. The van der Waals surface area contributed by atoms with Gasteiger partial charge in [0.05, 0.1) is 6.07 Å². The number of nitrogens with one attached hydrogen (secondary N) is 1. The second-order valence-corrected chi connectivity index (χ2v) is 6.21. The van der Waals surface area contributed by atoms with Crippen LogP contribution in [0.1, 0.15) is 59.8 Å². The number of rotatable bonds is 7. The molecule has 1 N–H and O–H groups in total. The van der Waals surface area contributed by atoms with E-state index in [9.17, 15) is 5.26 Å². The molecule has 1 fully saturated rings. The van der Waals surface area contributed by atoms with Crippen LogP contribution in [-0.2, 0) is 0 Å². The minimum absolute atomic E-state index is 0.306. The Hall–Kier alpha value is -0.590. The zero-order chi connectivity index (χ0) is 14.3. The Morgan fingerprint density at radius 2 is 2.05 bits per heavy atom. The molecule has 110 valence electrons. The SMILES string of the molecule is CCNC(C#N)(CC)CCCN1CC(C)CCC1C. The lowest BCUT2D eigenvalue weighted by Gasteiger charge is -2.37. The summed E-state index contributed by atoms with van der Waals surface area (Å²) in [7, 11) is 0. The van der Waals surface area contributed by atoms with E-state index in [-0.39, 0.29) is 5.54 Å². The molecule has 1 heterocycles. The van der Waals surface area contributed by atoms with E-state index >= 15 is 0 Å². The third-order valence-electron chi connectivity index (χ3n) is 4.63. The van der Waals surface area contributed by atoms with Crippen molar-refractivity contribution in [1.29, 1.82) is 5.26 Å². The number of nitrogens with zero attached hydrogens (tertiary/aromatic N) is 2. The summed E-state index contributed by atoms with van der Waals surface area (Å²) in [5, 5.41) is 12.8. The predicted molar refractivity (Wildman–Crippen MR) is 81.0 cm³/mol. The molecular weight excluding hydrogens is 234 g/mol. The molecule has 0 aromatic heterocycles. The summed E-state index contributed by atoms with van der Waals surface area (Å²) in [4.78, 5) is 2.61. The molecule has 1 aliphatic rings. The van der Waals surface area contributed by atoms with Gasteiger partial charge in [-0.05, 0) is 58.0 Å². The average molecular weight is 265 g/mol. The minimum atomic E-state index is -0.306. The summed E-state index contributed by atoms with van der Waals surface area (Å²) in [6.07, 6.45) is 5.66. The Bertz CT molecular complexity index is 297. The molecule has 1 rings (SSSR count). The van der Waals surface area contributed by atoms with Gasteiger partial charge in [0, 0.05) is 12.6 Å². The standard InChI is InChI=1S/C16H31N3/c1-5-16(13-17,18-6-2)10-7-11-19-12-14(3)8-9-15(19)4/h14-15,18H,5-12H2,1-4H3. The van der Waals surface area contributed by atoms with Crippen LogP contribution in [0.2, 0.25) is 0 Å². The molecule has 3 atom stereocenters. The maximum Gasteiger partial charge on any atom is 0.106 e. The van der Waals surface area contributed by atoms with Crippen LogP contribution < -0.4 is 5.32 Å². The largest absolute Gasteiger partial charge is 0.300 e. The summed E-state index contributed by atoms with van der Waals surface area (Å²) in [6.45, 7) is 12.1. The quantitative estimate of drug-likeness (QED) is 0.768. The Kier molecular flexibility index (Phi) is 6.82. The number of nitriles is 1. The maximum atomic E-state index is 9.41. The third-order valence-corrected chi connectivity index (χ3v) is 4.63. The molecule has 19 heavy (non-hydrogen) atoms. The zero-order valence-electron chi connectivity index (χ0n) is 13.2. The van der Waals surface area contributed by atoms with Gasteiger partial charge in [0.15, 0.2) is 0 Å². The van der Waals surface area contributed by atoms with Gasteiger partial charge in [0.2, 0.25) is 0 Å². The molecule has 3 heteroatoms. The fraction of sp³-hybridized carbons (Fsp3) is 0.938. The summed E-state index contributed by atoms with van der Waals surface area (Å²) < 4.78 is 0. The van der Waals surface area contributed by atoms with E-state index in [1.54, 1.807) is 0 Å². The molecule has 0 amide bonds. The first-order valence-electron chi connectivity index (χ1n) is 7.97. The van der Waals surface area contributed by atoms with Gasteiger partial charge in [-0.1, -0.05) is 20.8 Å². The van der Waals surface area contributed by atoms with Crippen LogP contribution in [0.3, 0.4) is 0 Å². The van der Waals surface area contributed by atoms with Crippen LogP contribution in [0.15, 0.2) is 0 Å². The molecule has 0 aromatic carbocycles. The van der Waals surface area contributed by atoms with Gasteiger partial charge in [-0.15, -0.1) is 0 Å². The highest BCUT2D eigenvalue weighted by Gasteiger charge is 2.27. The van der Waals surface area contributed by atoms with Gasteiger partial charge in [-0.25, -0.2) is 0 Å². The highest BCUT2D eigenvalue weighted by atomic mass is 15.2. The van der Waals surface area contributed by atoms with E-state index in [1.807, 2.05) is 0 Å². The lowest BCUT2D eigenvalue weighted by atomic mass is 9.90. The highest BCUT2D eigenvalue weighted by molar-refractivity contribution is 5.06. The van der Waals surface area contributed by atoms with E-state index in [1.165, 1.54) is 19.4 Å². The van der Waals surface area contributed by atoms with Gasteiger partial charge in [0.1, 0.15) is 5.54 Å². The second kappa shape index (κ2) is 7.87. The molecule has 0 bridgehead atoms. The van der Waals surface area contributed by atoms with Gasteiger partial charge in [-0.3, -0.25) is 5.32 Å². The molecular formula is C16H31N3. The van der Waals surface area contributed by atoms with Crippen LogP contribution in [0, 0.1) is 17.2 Å². The first-order chi connectivity index (χ1) is 9.06. The maximum absolute atomic E-state index is 9.41. The van der Waals surface area contributed by atoms with Gasteiger partial charge >= 0.3 is 0 Å². The van der Waals surface area contributed by atoms with Crippen molar-refractivity contribution in [2.75, 3.05) is 19.6 Å². The topological polar surface area (TPSA) is 39.1 Å². The second-order valence-electron chi connectivity index (χ2n) is 6.21. The van der Waals surface area contributed by atoms with Crippen molar-refractivity contribution in [3.63, 3.8) is 0 Å². The molecule has 0 radical (unpaired) electrons. The van der Waals surface area contributed by atoms with Crippen LogP contribution in [0.25, 0.3) is 0 Å². The predicted octanol–water partition coefficient (Wildman–Crippen LogP) is 3.17. The van der Waals surface area contributed by atoms with Crippen molar-refractivity contribution >= 4 is 0 Å². The van der Waals surface area contributed by atoms with Crippen LogP contribution in [0.4, 0.5) is 0 Å². The Balaban J connectivity index is 2.41. The Labute approximate surface area is 119 Å².